The molecule has 6 nitrogen and oxygen atoms in total. The zero-order valence-corrected chi connectivity index (χ0v) is 17.0. The van der Waals surface area contributed by atoms with Crippen LogP contribution in [0, 0.1) is 18.6 Å². The monoisotopic (exact) mass is 431 g/mol. The van der Waals surface area contributed by atoms with Crippen LogP contribution in [0.1, 0.15) is 15.9 Å². The molecule has 2 heterocycles. The van der Waals surface area contributed by atoms with Crippen LogP contribution in [0.4, 0.5) is 20.3 Å². The Balaban J connectivity index is 1.74. The largest absolute Gasteiger partial charge is 0.340 e. The molecule has 1 saturated heterocycles. The highest BCUT2D eigenvalue weighted by atomic mass is 32.2. The molecule has 1 aliphatic heterocycles. The maximum absolute atomic E-state index is 13.5. The van der Waals surface area contributed by atoms with Gasteiger partial charge in [-0.2, -0.15) is 0 Å². The fourth-order valence-electron chi connectivity index (χ4n) is 3.60. The number of hydrogen-bond acceptors (Lipinski definition) is 5. The Morgan fingerprint density at radius 2 is 1.77 bits per heavy atom. The van der Waals surface area contributed by atoms with Crippen molar-refractivity contribution >= 4 is 38.0 Å². The van der Waals surface area contributed by atoms with Crippen molar-refractivity contribution in [2.24, 2.45) is 0 Å². The molecule has 1 aliphatic rings. The van der Waals surface area contributed by atoms with Crippen LogP contribution >= 0.6 is 0 Å². The van der Waals surface area contributed by atoms with Crippen molar-refractivity contribution in [2.75, 3.05) is 29.9 Å². The summed E-state index contributed by atoms with van der Waals surface area (Å²) >= 11 is 0. The number of fused-ring (bicyclic) bond motifs is 1. The molecule has 0 unspecified atom stereocenters. The summed E-state index contributed by atoms with van der Waals surface area (Å²) in [5, 5.41) is 4.20. The van der Waals surface area contributed by atoms with Gasteiger partial charge < -0.3 is 10.2 Å². The van der Waals surface area contributed by atoms with Crippen molar-refractivity contribution in [1.82, 2.24) is 9.88 Å². The maximum Gasteiger partial charge on any atom is 0.256 e. The lowest BCUT2D eigenvalue weighted by molar-refractivity contribution is 0.0772. The molecule has 0 radical (unpaired) electrons. The first-order valence-electron chi connectivity index (χ1n) is 9.35. The molecule has 9 heteroatoms. The Labute approximate surface area is 172 Å². The van der Waals surface area contributed by atoms with E-state index in [0.717, 1.165) is 23.8 Å². The minimum absolute atomic E-state index is 0.0616. The second kappa shape index (κ2) is 7.64. The molecule has 0 saturated carbocycles. The Bertz CT molecular complexity index is 1230. The van der Waals surface area contributed by atoms with Gasteiger partial charge in [0.25, 0.3) is 5.91 Å². The molecule has 1 aromatic heterocycles. The summed E-state index contributed by atoms with van der Waals surface area (Å²) in [6, 6.07) is 8.51. The molecular formula is C21H19F2N3O3S. The lowest BCUT2D eigenvalue weighted by Crippen LogP contribution is -2.43. The first-order chi connectivity index (χ1) is 14.2. The molecule has 4 rings (SSSR count). The predicted octanol–water partition coefficient (Wildman–Crippen LogP) is 3.44. The summed E-state index contributed by atoms with van der Waals surface area (Å²) in [6.07, 6.45) is 1.42. The van der Waals surface area contributed by atoms with Crippen molar-refractivity contribution in [2.45, 2.75) is 6.92 Å². The number of pyridine rings is 1. The van der Waals surface area contributed by atoms with Crippen LogP contribution in [0.3, 0.4) is 0 Å². The van der Waals surface area contributed by atoms with E-state index in [2.05, 4.69) is 10.3 Å². The van der Waals surface area contributed by atoms with E-state index in [0.29, 0.717) is 22.2 Å². The Morgan fingerprint density at radius 3 is 2.43 bits per heavy atom. The van der Waals surface area contributed by atoms with Crippen LogP contribution in [0.25, 0.3) is 10.8 Å². The van der Waals surface area contributed by atoms with Crippen LogP contribution in [0.15, 0.2) is 42.6 Å². The second-order valence-corrected chi connectivity index (χ2v) is 9.55. The van der Waals surface area contributed by atoms with Gasteiger partial charge in [-0.15, -0.1) is 0 Å². The highest BCUT2D eigenvalue weighted by Crippen LogP contribution is 2.30. The average Bonchev–Trinajstić information content (AvgIpc) is 2.67. The third-order valence-corrected chi connectivity index (χ3v) is 6.72. The van der Waals surface area contributed by atoms with Gasteiger partial charge in [0.2, 0.25) is 0 Å². The van der Waals surface area contributed by atoms with Crippen molar-refractivity contribution in [3.63, 3.8) is 0 Å². The summed E-state index contributed by atoms with van der Waals surface area (Å²) in [5.41, 5.74) is 1.39. The maximum atomic E-state index is 13.5. The molecule has 0 bridgehead atoms. The Kier molecular flexibility index (Phi) is 5.15. The van der Waals surface area contributed by atoms with E-state index in [-0.39, 0.29) is 36.2 Å². The minimum Gasteiger partial charge on any atom is -0.340 e. The van der Waals surface area contributed by atoms with Crippen molar-refractivity contribution < 1.29 is 22.0 Å². The molecule has 2 aromatic carbocycles. The van der Waals surface area contributed by atoms with E-state index in [9.17, 15) is 22.0 Å². The lowest BCUT2D eigenvalue weighted by atomic mass is 10.0. The van der Waals surface area contributed by atoms with Crippen molar-refractivity contribution in [3.05, 3.63) is 65.4 Å². The van der Waals surface area contributed by atoms with Crippen LogP contribution in [-0.2, 0) is 9.84 Å². The van der Waals surface area contributed by atoms with Gasteiger partial charge in [0.15, 0.2) is 9.84 Å². The molecule has 0 spiro atoms. The topological polar surface area (TPSA) is 79.4 Å². The summed E-state index contributed by atoms with van der Waals surface area (Å²) < 4.78 is 50.4. The number of benzene rings is 2. The lowest BCUT2D eigenvalue weighted by Gasteiger charge is -2.27. The van der Waals surface area contributed by atoms with Gasteiger partial charge in [0.05, 0.1) is 17.1 Å². The number of halogens is 2. The number of hydrogen-bond donors (Lipinski definition) is 1. The number of anilines is 2. The molecule has 0 atom stereocenters. The summed E-state index contributed by atoms with van der Waals surface area (Å²) in [4.78, 5) is 18.9. The van der Waals surface area contributed by atoms with E-state index in [1.54, 1.807) is 12.1 Å². The van der Waals surface area contributed by atoms with Gasteiger partial charge in [-0.05, 0) is 24.6 Å². The molecule has 1 N–H and O–H groups in total. The predicted molar refractivity (Wildman–Crippen MR) is 111 cm³/mol. The fraction of sp³-hybridized carbons (Fsp3) is 0.238. The number of carbonyl (C=O) groups is 1. The molecule has 156 valence electrons. The average molecular weight is 431 g/mol. The van der Waals surface area contributed by atoms with Gasteiger partial charge in [-0.1, -0.05) is 18.2 Å². The zero-order valence-electron chi connectivity index (χ0n) is 16.2. The third kappa shape index (κ3) is 3.97. The third-order valence-electron chi connectivity index (χ3n) is 5.11. The molecule has 30 heavy (non-hydrogen) atoms. The number of aryl methyl sites for hydroxylation is 1. The number of rotatable bonds is 3. The summed E-state index contributed by atoms with van der Waals surface area (Å²) in [7, 11) is -3.11. The van der Waals surface area contributed by atoms with Gasteiger partial charge in [0.1, 0.15) is 17.5 Å². The second-order valence-electron chi connectivity index (χ2n) is 7.25. The quantitative estimate of drug-likeness (QED) is 0.687. The zero-order chi connectivity index (χ0) is 21.5. The Morgan fingerprint density at radius 1 is 1.10 bits per heavy atom. The van der Waals surface area contributed by atoms with E-state index < -0.39 is 21.5 Å². The van der Waals surface area contributed by atoms with Crippen LogP contribution in [0.5, 0.6) is 0 Å². The molecular weight excluding hydrogens is 412 g/mol. The normalized spacial score (nSPS) is 15.9. The van der Waals surface area contributed by atoms with Gasteiger partial charge in [-0.25, -0.2) is 22.2 Å². The minimum atomic E-state index is -3.11. The summed E-state index contributed by atoms with van der Waals surface area (Å²) in [6.45, 7) is 2.12. The SMILES string of the molecule is Cc1cccc2c(Nc3cc(F)cc(F)c3)ncc(C(=O)N3CCS(=O)(=O)CC3)c12. The number of nitrogens with one attached hydrogen (secondary N) is 1. The number of nitrogens with zero attached hydrogens (tertiary/aromatic N) is 2. The first kappa shape index (κ1) is 20.2. The van der Waals surface area contributed by atoms with Crippen molar-refractivity contribution in [3.8, 4) is 0 Å². The van der Waals surface area contributed by atoms with E-state index in [1.807, 2.05) is 13.0 Å². The number of amides is 1. The van der Waals surface area contributed by atoms with Gasteiger partial charge >= 0.3 is 0 Å². The Hall–Kier alpha value is -3.07. The van der Waals surface area contributed by atoms with Gasteiger partial charge in [0, 0.05) is 41.8 Å². The van der Waals surface area contributed by atoms with Gasteiger partial charge in [-0.3, -0.25) is 4.79 Å². The highest BCUT2D eigenvalue weighted by Gasteiger charge is 2.27. The number of sulfone groups is 1. The standard InChI is InChI=1S/C21H19F2N3O3S/c1-13-3-2-4-17-19(13)18(21(27)26-5-7-30(28,29)8-6-26)12-24-20(17)25-16-10-14(22)9-15(23)11-16/h2-4,9-12H,5-8H2,1H3,(H,24,25). The number of carbonyl (C=O) groups excluding carboxylic acids is 1. The van der Waals surface area contributed by atoms with E-state index >= 15 is 0 Å². The number of aromatic nitrogens is 1. The fourth-order valence-corrected chi connectivity index (χ4v) is 4.80. The first-order valence-corrected chi connectivity index (χ1v) is 11.2. The molecule has 0 aliphatic carbocycles. The summed E-state index contributed by atoms with van der Waals surface area (Å²) in [5.74, 6) is -1.49. The van der Waals surface area contributed by atoms with Crippen LogP contribution < -0.4 is 5.32 Å². The van der Waals surface area contributed by atoms with Crippen LogP contribution in [-0.4, -0.2) is 48.8 Å². The van der Waals surface area contributed by atoms with E-state index in [1.165, 1.54) is 11.1 Å². The molecule has 1 amide bonds. The highest BCUT2D eigenvalue weighted by molar-refractivity contribution is 7.91. The van der Waals surface area contributed by atoms with Crippen LogP contribution in [0.2, 0.25) is 0 Å². The van der Waals surface area contributed by atoms with Crippen molar-refractivity contribution in [1.29, 1.82) is 0 Å². The molecule has 1 fully saturated rings. The molecule has 3 aromatic rings. The smallest absolute Gasteiger partial charge is 0.256 e. The van der Waals surface area contributed by atoms with E-state index in [4.69, 9.17) is 0 Å².